The van der Waals surface area contributed by atoms with Crippen LogP contribution in [0.4, 0.5) is 5.69 Å². The van der Waals surface area contributed by atoms with E-state index in [1.54, 1.807) is 18.2 Å². The Hall–Kier alpha value is -1.55. The van der Waals surface area contributed by atoms with Crippen molar-refractivity contribution in [3.8, 4) is 5.75 Å². The molecular weight excluding hydrogens is 206 g/mol. The molecule has 1 saturated heterocycles. The largest absolute Gasteiger partial charge is 0.508 e. The summed E-state index contributed by atoms with van der Waals surface area (Å²) in [4.78, 5) is 11.8. The number of phenols is 1. The summed E-state index contributed by atoms with van der Waals surface area (Å²) in [5.41, 5.74) is 0.621. The molecule has 0 aliphatic carbocycles. The summed E-state index contributed by atoms with van der Waals surface area (Å²) in [6.45, 7) is 1.24. The van der Waals surface area contributed by atoms with Crippen molar-refractivity contribution < 1.29 is 14.6 Å². The Bertz CT molecular complexity index is 372. The lowest BCUT2D eigenvalue weighted by atomic mass is 10.0. The monoisotopic (exact) mass is 221 g/mol. The topological polar surface area (TPSA) is 58.6 Å². The van der Waals surface area contributed by atoms with E-state index >= 15 is 0 Å². The number of nitrogens with one attached hydrogen (secondary N) is 1. The molecule has 86 valence electrons. The quantitative estimate of drug-likeness (QED) is 0.800. The molecule has 0 radical (unpaired) electrons. The van der Waals surface area contributed by atoms with Gasteiger partial charge in [0.2, 0.25) is 5.91 Å². The first kappa shape index (κ1) is 11.0. The molecule has 1 fully saturated rings. The molecule has 2 N–H and O–H groups in total. The molecule has 0 saturated carbocycles. The van der Waals surface area contributed by atoms with Crippen LogP contribution < -0.4 is 5.32 Å². The fourth-order valence-electron chi connectivity index (χ4n) is 1.78. The Balaban J connectivity index is 1.96. The zero-order chi connectivity index (χ0) is 11.4. The van der Waals surface area contributed by atoms with Gasteiger partial charge < -0.3 is 15.2 Å². The van der Waals surface area contributed by atoms with Gasteiger partial charge in [0.05, 0.1) is 12.5 Å². The second-order valence-corrected chi connectivity index (χ2v) is 3.95. The van der Waals surface area contributed by atoms with Crippen molar-refractivity contribution in [1.82, 2.24) is 0 Å². The maximum atomic E-state index is 11.8. The summed E-state index contributed by atoms with van der Waals surface area (Å²) in [7, 11) is 0. The normalized spacial score (nSPS) is 20.4. The van der Waals surface area contributed by atoms with E-state index in [0.717, 1.165) is 19.4 Å². The summed E-state index contributed by atoms with van der Waals surface area (Å²) < 4.78 is 5.25. The maximum absolute atomic E-state index is 11.8. The van der Waals surface area contributed by atoms with Crippen LogP contribution in [0.25, 0.3) is 0 Å². The van der Waals surface area contributed by atoms with Gasteiger partial charge in [-0.25, -0.2) is 0 Å². The van der Waals surface area contributed by atoms with Crippen LogP contribution in [0.5, 0.6) is 5.75 Å². The first-order chi connectivity index (χ1) is 7.75. The standard InChI is InChI=1S/C12H15NO3/c14-11-5-1-4-10(7-11)13-12(15)9-3-2-6-16-8-9/h1,4-5,7,9,14H,2-3,6,8H2,(H,13,15). The zero-order valence-corrected chi connectivity index (χ0v) is 8.98. The van der Waals surface area contributed by atoms with E-state index in [1.165, 1.54) is 6.07 Å². The van der Waals surface area contributed by atoms with Crippen LogP contribution in [-0.4, -0.2) is 24.2 Å². The number of rotatable bonds is 2. The van der Waals surface area contributed by atoms with Gasteiger partial charge in [0.25, 0.3) is 0 Å². The molecule has 1 unspecified atom stereocenters. The summed E-state index contributed by atoms with van der Waals surface area (Å²) >= 11 is 0. The highest BCUT2D eigenvalue weighted by Crippen LogP contribution is 2.19. The van der Waals surface area contributed by atoms with E-state index in [2.05, 4.69) is 5.32 Å². The molecule has 1 aliphatic rings. The van der Waals surface area contributed by atoms with Crippen LogP contribution in [0.15, 0.2) is 24.3 Å². The highest BCUT2D eigenvalue weighted by Gasteiger charge is 2.21. The third-order valence-electron chi connectivity index (χ3n) is 2.64. The lowest BCUT2D eigenvalue weighted by molar-refractivity contribution is -0.123. The van der Waals surface area contributed by atoms with E-state index in [0.29, 0.717) is 12.3 Å². The van der Waals surface area contributed by atoms with Gasteiger partial charge in [-0.15, -0.1) is 0 Å². The predicted molar refractivity (Wildman–Crippen MR) is 60.3 cm³/mol. The number of phenolic OH excluding ortho intramolecular Hbond substituents is 1. The highest BCUT2D eigenvalue weighted by molar-refractivity contribution is 5.92. The lowest BCUT2D eigenvalue weighted by Crippen LogP contribution is -2.30. The minimum atomic E-state index is -0.0731. The van der Waals surface area contributed by atoms with Gasteiger partial charge in [-0.3, -0.25) is 4.79 Å². The van der Waals surface area contributed by atoms with E-state index in [9.17, 15) is 9.90 Å². The summed E-state index contributed by atoms with van der Waals surface area (Å²) in [5.74, 6) is 0.0408. The van der Waals surface area contributed by atoms with E-state index in [1.807, 2.05) is 0 Å². The fourth-order valence-corrected chi connectivity index (χ4v) is 1.78. The number of amides is 1. The highest BCUT2D eigenvalue weighted by atomic mass is 16.5. The molecule has 4 nitrogen and oxygen atoms in total. The third-order valence-corrected chi connectivity index (χ3v) is 2.64. The summed E-state index contributed by atoms with van der Waals surface area (Å²) in [6, 6.07) is 6.55. The molecule has 2 rings (SSSR count). The first-order valence-electron chi connectivity index (χ1n) is 5.43. The number of anilines is 1. The molecule has 4 heteroatoms. The fraction of sp³-hybridized carbons (Fsp3) is 0.417. The van der Waals surface area contributed by atoms with E-state index in [-0.39, 0.29) is 17.6 Å². The number of carbonyl (C=O) groups is 1. The minimum absolute atomic E-state index is 0.0368. The van der Waals surface area contributed by atoms with E-state index in [4.69, 9.17) is 4.74 Å². The van der Waals surface area contributed by atoms with Gasteiger partial charge in [0, 0.05) is 18.4 Å². The van der Waals surface area contributed by atoms with Gasteiger partial charge in [-0.1, -0.05) is 6.07 Å². The Morgan fingerprint density at radius 1 is 1.50 bits per heavy atom. The zero-order valence-electron chi connectivity index (χ0n) is 8.98. The number of hydrogen-bond acceptors (Lipinski definition) is 3. The van der Waals surface area contributed by atoms with Crippen molar-refractivity contribution in [1.29, 1.82) is 0 Å². The second-order valence-electron chi connectivity index (χ2n) is 3.95. The van der Waals surface area contributed by atoms with Crippen molar-refractivity contribution in [3.63, 3.8) is 0 Å². The van der Waals surface area contributed by atoms with Gasteiger partial charge in [-0.2, -0.15) is 0 Å². The second kappa shape index (κ2) is 4.99. The molecular formula is C12H15NO3. The van der Waals surface area contributed by atoms with Crippen LogP contribution in [0.1, 0.15) is 12.8 Å². The van der Waals surface area contributed by atoms with Crippen molar-refractivity contribution in [3.05, 3.63) is 24.3 Å². The number of benzene rings is 1. The molecule has 0 bridgehead atoms. The van der Waals surface area contributed by atoms with Crippen LogP contribution in [0.2, 0.25) is 0 Å². The average molecular weight is 221 g/mol. The van der Waals surface area contributed by atoms with Gasteiger partial charge in [-0.05, 0) is 25.0 Å². The Morgan fingerprint density at radius 3 is 3.06 bits per heavy atom. The Kier molecular flexibility index (Phi) is 3.41. The Labute approximate surface area is 94.2 Å². The van der Waals surface area contributed by atoms with Crippen molar-refractivity contribution in [2.24, 2.45) is 5.92 Å². The van der Waals surface area contributed by atoms with Crippen molar-refractivity contribution >= 4 is 11.6 Å². The molecule has 1 heterocycles. The van der Waals surface area contributed by atoms with Crippen LogP contribution in [-0.2, 0) is 9.53 Å². The van der Waals surface area contributed by atoms with Crippen LogP contribution in [0.3, 0.4) is 0 Å². The molecule has 1 aromatic carbocycles. The molecule has 1 amide bonds. The maximum Gasteiger partial charge on any atom is 0.229 e. The first-order valence-corrected chi connectivity index (χ1v) is 5.43. The number of carbonyl (C=O) groups excluding carboxylic acids is 1. The average Bonchev–Trinajstić information content (AvgIpc) is 2.30. The molecule has 1 aliphatic heterocycles. The Morgan fingerprint density at radius 2 is 2.38 bits per heavy atom. The summed E-state index contributed by atoms with van der Waals surface area (Å²) in [5, 5.41) is 12.0. The van der Waals surface area contributed by atoms with Gasteiger partial charge >= 0.3 is 0 Å². The molecule has 1 atom stereocenters. The van der Waals surface area contributed by atoms with Crippen LogP contribution in [0, 0.1) is 5.92 Å². The summed E-state index contributed by atoms with van der Waals surface area (Å²) in [6.07, 6.45) is 1.79. The third kappa shape index (κ3) is 2.73. The van der Waals surface area contributed by atoms with E-state index < -0.39 is 0 Å². The molecule has 16 heavy (non-hydrogen) atoms. The van der Waals surface area contributed by atoms with Gasteiger partial charge in [0.15, 0.2) is 0 Å². The molecule has 1 aromatic rings. The van der Waals surface area contributed by atoms with Gasteiger partial charge in [0.1, 0.15) is 5.75 Å². The number of aromatic hydroxyl groups is 1. The smallest absolute Gasteiger partial charge is 0.229 e. The predicted octanol–water partition coefficient (Wildman–Crippen LogP) is 1.76. The lowest BCUT2D eigenvalue weighted by Gasteiger charge is -2.21. The minimum Gasteiger partial charge on any atom is -0.508 e. The van der Waals surface area contributed by atoms with Crippen molar-refractivity contribution in [2.75, 3.05) is 18.5 Å². The van der Waals surface area contributed by atoms with Crippen molar-refractivity contribution in [2.45, 2.75) is 12.8 Å². The SMILES string of the molecule is O=C(Nc1cccc(O)c1)C1CCCOC1. The molecule has 0 spiro atoms. The molecule has 0 aromatic heterocycles. The van der Waals surface area contributed by atoms with Crippen LogP contribution >= 0.6 is 0 Å². The number of hydrogen-bond donors (Lipinski definition) is 2. The number of ether oxygens (including phenoxy) is 1.